The maximum absolute atomic E-state index is 9.16. The Balaban J connectivity index is 2.21. The summed E-state index contributed by atoms with van der Waals surface area (Å²) >= 11 is 1.64. The van der Waals surface area contributed by atoms with Crippen molar-refractivity contribution in [2.75, 3.05) is 31.6 Å². The van der Waals surface area contributed by atoms with Gasteiger partial charge in [-0.2, -0.15) is 0 Å². The average Bonchev–Trinajstić information content (AvgIpc) is 2.93. The van der Waals surface area contributed by atoms with Gasteiger partial charge in [0, 0.05) is 13.1 Å². The largest absolute Gasteiger partial charge is 0.395 e. The van der Waals surface area contributed by atoms with Gasteiger partial charge < -0.3 is 10.4 Å². The predicted octanol–water partition coefficient (Wildman–Crippen LogP) is 2.72. The van der Waals surface area contributed by atoms with Gasteiger partial charge in [-0.05, 0) is 30.8 Å². The Kier molecular flexibility index (Phi) is 6.35. The van der Waals surface area contributed by atoms with E-state index < -0.39 is 0 Å². The number of nitrogens with one attached hydrogen (secondary N) is 1. The van der Waals surface area contributed by atoms with Crippen molar-refractivity contribution in [2.24, 2.45) is 0 Å². The normalized spacial score (nSPS) is 11.4. The minimum absolute atomic E-state index is 0.169. The molecule has 0 amide bonds. The molecule has 0 saturated carbocycles. The van der Waals surface area contributed by atoms with Crippen molar-refractivity contribution in [3.63, 3.8) is 0 Å². The van der Waals surface area contributed by atoms with Crippen molar-refractivity contribution in [2.45, 2.75) is 33.2 Å². The van der Waals surface area contributed by atoms with Crippen molar-refractivity contribution in [3.05, 3.63) is 17.3 Å². The van der Waals surface area contributed by atoms with Crippen molar-refractivity contribution in [3.8, 4) is 0 Å². The highest BCUT2D eigenvalue weighted by molar-refractivity contribution is 7.16. The molecular formula is C15H24N4OS. The summed E-state index contributed by atoms with van der Waals surface area (Å²) in [4.78, 5) is 12.5. The van der Waals surface area contributed by atoms with E-state index in [9.17, 15) is 0 Å². The molecule has 0 aliphatic rings. The van der Waals surface area contributed by atoms with Gasteiger partial charge in [0.1, 0.15) is 16.5 Å². The number of fused-ring (bicyclic) bond motifs is 1. The summed E-state index contributed by atoms with van der Waals surface area (Å²) < 4.78 is 0. The molecule has 0 saturated heterocycles. The maximum atomic E-state index is 9.16. The Bertz CT molecular complexity index is 552. The Labute approximate surface area is 130 Å². The Morgan fingerprint density at radius 3 is 2.81 bits per heavy atom. The van der Waals surface area contributed by atoms with Gasteiger partial charge in [0.15, 0.2) is 0 Å². The van der Waals surface area contributed by atoms with Crippen molar-refractivity contribution in [1.29, 1.82) is 0 Å². The lowest BCUT2D eigenvalue weighted by Gasteiger charge is -2.19. The minimum atomic E-state index is 0.169. The van der Waals surface area contributed by atoms with E-state index in [1.807, 2.05) is 0 Å². The summed E-state index contributed by atoms with van der Waals surface area (Å²) in [6, 6.07) is 2.07. The summed E-state index contributed by atoms with van der Waals surface area (Å²) in [7, 11) is 0. The second-order valence-corrected chi connectivity index (χ2v) is 5.95. The van der Waals surface area contributed by atoms with Crippen LogP contribution in [0.2, 0.25) is 0 Å². The smallest absolute Gasteiger partial charge is 0.146 e. The highest BCUT2D eigenvalue weighted by Gasteiger charge is 2.11. The number of anilines is 1. The van der Waals surface area contributed by atoms with Gasteiger partial charge in [-0.25, -0.2) is 9.97 Å². The molecule has 0 atom stereocenters. The first-order valence-corrected chi connectivity index (χ1v) is 8.47. The molecule has 0 aliphatic carbocycles. The average molecular weight is 308 g/mol. The third-order valence-corrected chi connectivity index (χ3v) is 4.04. The van der Waals surface area contributed by atoms with E-state index in [-0.39, 0.29) is 6.61 Å². The van der Waals surface area contributed by atoms with E-state index in [2.05, 4.69) is 45.5 Å². The van der Waals surface area contributed by atoms with Gasteiger partial charge in [-0.1, -0.05) is 13.8 Å². The van der Waals surface area contributed by atoms with Crippen molar-refractivity contribution in [1.82, 2.24) is 14.9 Å². The summed E-state index contributed by atoms with van der Waals surface area (Å²) in [5.41, 5.74) is 0. The number of thiophene rings is 1. The summed E-state index contributed by atoms with van der Waals surface area (Å²) in [6.07, 6.45) is 2.12. The minimum Gasteiger partial charge on any atom is -0.395 e. The van der Waals surface area contributed by atoms with Crippen LogP contribution in [0.3, 0.4) is 0 Å². The lowest BCUT2D eigenvalue weighted by Crippen LogP contribution is -2.28. The maximum Gasteiger partial charge on any atom is 0.146 e. The number of rotatable bonds is 9. The molecule has 2 aromatic heterocycles. The Morgan fingerprint density at radius 1 is 1.24 bits per heavy atom. The van der Waals surface area contributed by atoms with E-state index in [4.69, 9.17) is 5.11 Å². The van der Waals surface area contributed by atoms with Gasteiger partial charge in [0.05, 0.1) is 18.5 Å². The van der Waals surface area contributed by atoms with Crippen LogP contribution >= 0.6 is 11.3 Å². The van der Waals surface area contributed by atoms with Gasteiger partial charge in [0.25, 0.3) is 0 Å². The zero-order valence-electron chi connectivity index (χ0n) is 12.8. The molecule has 6 heteroatoms. The molecule has 0 bridgehead atoms. The fraction of sp³-hybridized carbons (Fsp3) is 0.600. The molecule has 5 nitrogen and oxygen atoms in total. The van der Waals surface area contributed by atoms with Gasteiger partial charge in [-0.3, -0.25) is 4.90 Å². The van der Waals surface area contributed by atoms with E-state index >= 15 is 0 Å². The lowest BCUT2D eigenvalue weighted by molar-refractivity contribution is 0.187. The fourth-order valence-electron chi connectivity index (χ4n) is 2.28. The van der Waals surface area contributed by atoms with Crippen molar-refractivity contribution >= 4 is 27.4 Å². The van der Waals surface area contributed by atoms with Crippen molar-refractivity contribution < 1.29 is 5.11 Å². The number of hydrogen-bond acceptors (Lipinski definition) is 6. The monoisotopic (exact) mass is 308 g/mol. The molecule has 2 heterocycles. The van der Waals surface area contributed by atoms with Crippen LogP contribution in [0.25, 0.3) is 10.2 Å². The van der Waals surface area contributed by atoms with Crippen LogP contribution in [0.5, 0.6) is 0 Å². The van der Waals surface area contributed by atoms with Crippen LogP contribution in [0.15, 0.2) is 11.4 Å². The number of nitrogens with zero attached hydrogens (tertiary/aromatic N) is 3. The molecule has 0 aliphatic heterocycles. The molecule has 2 N–H and O–H groups in total. The fourth-order valence-corrected chi connectivity index (χ4v) is 3.06. The first kappa shape index (κ1) is 16.1. The molecule has 0 spiro atoms. The molecule has 0 aromatic carbocycles. The molecule has 0 fully saturated rings. The number of aromatic nitrogens is 2. The number of aliphatic hydroxyl groups excluding tert-OH is 1. The third kappa shape index (κ3) is 4.36. The van der Waals surface area contributed by atoms with Crippen LogP contribution in [0.4, 0.5) is 5.82 Å². The van der Waals surface area contributed by atoms with Crippen LogP contribution in [0, 0.1) is 0 Å². The van der Waals surface area contributed by atoms with E-state index in [0.29, 0.717) is 13.1 Å². The van der Waals surface area contributed by atoms with Crippen LogP contribution in [-0.4, -0.2) is 46.2 Å². The predicted molar refractivity (Wildman–Crippen MR) is 88.8 cm³/mol. The first-order chi connectivity index (χ1) is 10.3. The van der Waals surface area contributed by atoms with Gasteiger partial charge in [0.2, 0.25) is 0 Å². The second-order valence-electron chi connectivity index (χ2n) is 5.05. The quantitative estimate of drug-likeness (QED) is 0.746. The molecule has 2 rings (SSSR count). The number of aliphatic hydroxyl groups is 1. The van der Waals surface area contributed by atoms with E-state index in [0.717, 1.165) is 47.8 Å². The summed E-state index contributed by atoms with van der Waals surface area (Å²) in [5, 5.41) is 15.7. The number of hydrogen-bond donors (Lipinski definition) is 2. The van der Waals surface area contributed by atoms with E-state index in [1.165, 1.54) is 0 Å². The molecule has 0 radical (unpaired) electrons. The summed E-state index contributed by atoms with van der Waals surface area (Å²) in [5.74, 6) is 1.75. The molecular weight excluding hydrogens is 284 g/mol. The highest BCUT2D eigenvalue weighted by Crippen LogP contribution is 2.25. The first-order valence-electron chi connectivity index (χ1n) is 7.59. The molecule has 2 aromatic rings. The highest BCUT2D eigenvalue weighted by atomic mass is 32.1. The van der Waals surface area contributed by atoms with Crippen LogP contribution < -0.4 is 5.32 Å². The zero-order chi connectivity index (χ0) is 15.1. The van der Waals surface area contributed by atoms with E-state index in [1.54, 1.807) is 11.3 Å². The SMILES string of the molecule is CCCNc1nc(CN(CCC)CCO)nc2sccc12. The van der Waals surface area contributed by atoms with Gasteiger partial charge in [-0.15, -0.1) is 11.3 Å². The Morgan fingerprint density at radius 2 is 2.10 bits per heavy atom. The molecule has 116 valence electrons. The zero-order valence-corrected chi connectivity index (χ0v) is 13.6. The Hall–Kier alpha value is -1.24. The topological polar surface area (TPSA) is 61.3 Å². The lowest BCUT2D eigenvalue weighted by atomic mass is 10.3. The molecule has 0 unspecified atom stereocenters. The molecule has 21 heavy (non-hydrogen) atoms. The third-order valence-electron chi connectivity index (χ3n) is 3.23. The standard InChI is InChI=1S/C15H24N4OS/c1-3-6-16-14-12-5-10-21-15(12)18-13(17-14)11-19(7-4-2)8-9-20/h5,10,20H,3-4,6-9,11H2,1-2H3,(H,16,17,18). The second kappa shape index (κ2) is 8.26. The summed E-state index contributed by atoms with van der Waals surface area (Å²) in [6.45, 7) is 7.66. The van der Waals surface area contributed by atoms with Crippen LogP contribution in [-0.2, 0) is 6.54 Å². The van der Waals surface area contributed by atoms with Gasteiger partial charge >= 0.3 is 0 Å². The van der Waals surface area contributed by atoms with Crippen LogP contribution in [0.1, 0.15) is 32.5 Å².